The van der Waals surface area contributed by atoms with Crippen LogP contribution in [-0.2, 0) is 11.3 Å². The molecule has 1 N–H and O–H groups in total. The second-order valence-electron chi connectivity index (χ2n) is 3.82. The molecular formula is C13H22N2O. The second-order valence-corrected chi connectivity index (χ2v) is 3.82. The number of ether oxygens (including phenoxy) is 1. The molecule has 16 heavy (non-hydrogen) atoms. The molecule has 0 amide bonds. The van der Waals surface area contributed by atoms with Crippen molar-refractivity contribution >= 4 is 5.69 Å². The van der Waals surface area contributed by atoms with Gasteiger partial charge in [0, 0.05) is 32.4 Å². The van der Waals surface area contributed by atoms with Gasteiger partial charge < -0.3 is 15.0 Å². The van der Waals surface area contributed by atoms with Crippen molar-refractivity contribution in [3.8, 4) is 0 Å². The van der Waals surface area contributed by atoms with Crippen LogP contribution in [0.5, 0.6) is 0 Å². The number of hydrogen-bond acceptors (Lipinski definition) is 3. The number of anilines is 1. The van der Waals surface area contributed by atoms with Crippen molar-refractivity contribution in [2.75, 3.05) is 38.8 Å². The minimum atomic E-state index is 0.783. The van der Waals surface area contributed by atoms with E-state index in [-0.39, 0.29) is 0 Å². The van der Waals surface area contributed by atoms with E-state index in [4.69, 9.17) is 4.74 Å². The summed E-state index contributed by atoms with van der Waals surface area (Å²) in [5, 5.41) is 3.14. The number of benzene rings is 1. The summed E-state index contributed by atoms with van der Waals surface area (Å²) in [6.45, 7) is 5.44. The Morgan fingerprint density at radius 3 is 2.50 bits per heavy atom. The van der Waals surface area contributed by atoms with Gasteiger partial charge in [-0.3, -0.25) is 0 Å². The van der Waals surface area contributed by atoms with E-state index in [1.165, 1.54) is 11.3 Å². The van der Waals surface area contributed by atoms with Gasteiger partial charge >= 0.3 is 0 Å². The van der Waals surface area contributed by atoms with E-state index in [9.17, 15) is 0 Å². The summed E-state index contributed by atoms with van der Waals surface area (Å²) < 4.78 is 5.34. The molecule has 3 heteroatoms. The summed E-state index contributed by atoms with van der Waals surface area (Å²) in [7, 11) is 4.05. The van der Waals surface area contributed by atoms with Gasteiger partial charge in [0.05, 0.1) is 6.61 Å². The summed E-state index contributed by atoms with van der Waals surface area (Å²) in [4.78, 5) is 2.21. The van der Waals surface area contributed by atoms with Crippen LogP contribution >= 0.6 is 0 Å². The first-order valence-electron chi connectivity index (χ1n) is 5.80. The lowest BCUT2D eigenvalue weighted by molar-refractivity contribution is 0.154. The van der Waals surface area contributed by atoms with Crippen molar-refractivity contribution < 1.29 is 4.74 Å². The van der Waals surface area contributed by atoms with E-state index >= 15 is 0 Å². The predicted molar refractivity (Wildman–Crippen MR) is 69.0 cm³/mol. The van der Waals surface area contributed by atoms with E-state index in [1.807, 2.05) is 14.0 Å². The van der Waals surface area contributed by atoms with Crippen LogP contribution in [0.15, 0.2) is 24.3 Å². The monoisotopic (exact) mass is 222 g/mol. The van der Waals surface area contributed by atoms with Crippen molar-refractivity contribution in [3.63, 3.8) is 0 Å². The molecule has 1 rings (SSSR count). The van der Waals surface area contributed by atoms with Crippen molar-refractivity contribution in [3.05, 3.63) is 29.8 Å². The smallest absolute Gasteiger partial charge is 0.0641 e. The van der Waals surface area contributed by atoms with Gasteiger partial charge in [-0.1, -0.05) is 12.1 Å². The van der Waals surface area contributed by atoms with Crippen molar-refractivity contribution in [1.29, 1.82) is 0 Å². The van der Waals surface area contributed by atoms with Gasteiger partial charge in [0.15, 0.2) is 0 Å². The SMILES string of the molecule is CCOCCN(C)c1ccc(CNC)cc1. The van der Waals surface area contributed by atoms with E-state index in [1.54, 1.807) is 0 Å². The summed E-state index contributed by atoms with van der Waals surface area (Å²) in [6, 6.07) is 8.61. The Kier molecular flexibility index (Phi) is 5.90. The topological polar surface area (TPSA) is 24.5 Å². The van der Waals surface area contributed by atoms with Gasteiger partial charge in [0.2, 0.25) is 0 Å². The number of likely N-dealkylation sites (N-methyl/N-ethyl adjacent to an activating group) is 1. The lowest BCUT2D eigenvalue weighted by atomic mass is 10.2. The normalized spacial score (nSPS) is 10.4. The van der Waals surface area contributed by atoms with E-state index in [2.05, 4.69) is 41.5 Å². The fourth-order valence-electron chi connectivity index (χ4n) is 1.55. The first-order chi connectivity index (χ1) is 7.77. The fraction of sp³-hybridized carbons (Fsp3) is 0.538. The molecule has 0 saturated carbocycles. The Hall–Kier alpha value is -1.06. The standard InChI is InChI=1S/C13H22N2O/c1-4-16-10-9-15(3)13-7-5-12(6-8-13)11-14-2/h5-8,14H,4,9-11H2,1-3H3. The Morgan fingerprint density at radius 2 is 1.94 bits per heavy atom. The first-order valence-corrected chi connectivity index (χ1v) is 5.80. The number of nitrogens with zero attached hydrogens (tertiary/aromatic N) is 1. The third kappa shape index (κ3) is 4.21. The van der Waals surface area contributed by atoms with Crippen molar-refractivity contribution in [1.82, 2.24) is 5.32 Å². The van der Waals surface area contributed by atoms with Gasteiger partial charge in [-0.15, -0.1) is 0 Å². The Balaban J connectivity index is 2.46. The van der Waals surface area contributed by atoms with Gasteiger partial charge in [-0.25, -0.2) is 0 Å². The Labute approximate surface area is 98.4 Å². The van der Waals surface area contributed by atoms with Crippen LogP contribution in [0, 0.1) is 0 Å². The van der Waals surface area contributed by atoms with Crippen LogP contribution in [0.2, 0.25) is 0 Å². The third-order valence-corrected chi connectivity index (χ3v) is 2.53. The Bertz CT molecular complexity index is 284. The van der Waals surface area contributed by atoms with Crippen molar-refractivity contribution in [2.24, 2.45) is 0 Å². The maximum absolute atomic E-state index is 5.34. The average Bonchev–Trinajstić information content (AvgIpc) is 2.30. The summed E-state index contributed by atoms with van der Waals surface area (Å²) in [6.07, 6.45) is 0. The largest absolute Gasteiger partial charge is 0.380 e. The fourth-order valence-corrected chi connectivity index (χ4v) is 1.55. The Morgan fingerprint density at radius 1 is 1.25 bits per heavy atom. The molecule has 90 valence electrons. The van der Waals surface area contributed by atoms with E-state index < -0.39 is 0 Å². The molecule has 0 spiro atoms. The van der Waals surface area contributed by atoms with Crippen LogP contribution in [0.3, 0.4) is 0 Å². The molecule has 0 aliphatic rings. The minimum Gasteiger partial charge on any atom is -0.380 e. The number of hydrogen-bond donors (Lipinski definition) is 1. The van der Waals surface area contributed by atoms with Crippen LogP contribution in [0.4, 0.5) is 5.69 Å². The maximum atomic E-state index is 5.34. The third-order valence-electron chi connectivity index (χ3n) is 2.53. The van der Waals surface area contributed by atoms with Crippen LogP contribution in [0.1, 0.15) is 12.5 Å². The van der Waals surface area contributed by atoms with Crippen LogP contribution < -0.4 is 10.2 Å². The second kappa shape index (κ2) is 7.25. The molecule has 0 atom stereocenters. The lowest BCUT2D eigenvalue weighted by Crippen LogP contribution is -2.22. The highest BCUT2D eigenvalue weighted by Crippen LogP contribution is 2.13. The predicted octanol–water partition coefficient (Wildman–Crippen LogP) is 1.88. The van der Waals surface area contributed by atoms with Gasteiger partial charge in [0.1, 0.15) is 0 Å². The molecule has 0 saturated heterocycles. The van der Waals surface area contributed by atoms with Gasteiger partial charge in [0.25, 0.3) is 0 Å². The summed E-state index contributed by atoms with van der Waals surface area (Å²) in [5.74, 6) is 0. The summed E-state index contributed by atoms with van der Waals surface area (Å²) >= 11 is 0. The van der Waals surface area contributed by atoms with E-state index in [0.29, 0.717) is 0 Å². The first kappa shape index (κ1) is 13.0. The number of rotatable bonds is 7. The maximum Gasteiger partial charge on any atom is 0.0641 e. The molecule has 0 aliphatic heterocycles. The van der Waals surface area contributed by atoms with Crippen LogP contribution in [-0.4, -0.2) is 33.9 Å². The zero-order valence-corrected chi connectivity index (χ0v) is 10.5. The summed E-state index contributed by atoms with van der Waals surface area (Å²) in [5.41, 5.74) is 2.55. The highest BCUT2D eigenvalue weighted by molar-refractivity contribution is 5.46. The highest BCUT2D eigenvalue weighted by atomic mass is 16.5. The zero-order chi connectivity index (χ0) is 11.8. The molecule has 0 fully saturated rings. The highest BCUT2D eigenvalue weighted by Gasteiger charge is 2.00. The minimum absolute atomic E-state index is 0.783. The molecule has 0 unspecified atom stereocenters. The zero-order valence-electron chi connectivity index (χ0n) is 10.5. The molecular weight excluding hydrogens is 200 g/mol. The average molecular weight is 222 g/mol. The quantitative estimate of drug-likeness (QED) is 0.713. The van der Waals surface area contributed by atoms with Gasteiger partial charge in [-0.2, -0.15) is 0 Å². The van der Waals surface area contributed by atoms with Crippen molar-refractivity contribution in [2.45, 2.75) is 13.5 Å². The van der Waals surface area contributed by atoms with Gasteiger partial charge in [-0.05, 0) is 31.7 Å². The number of nitrogens with one attached hydrogen (secondary N) is 1. The van der Waals surface area contributed by atoms with Crippen LogP contribution in [0.25, 0.3) is 0 Å². The molecule has 0 radical (unpaired) electrons. The molecule has 0 heterocycles. The lowest BCUT2D eigenvalue weighted by Gasteiger charge is -2.19. The molecule has 0 aliphatic carbocycles. The molecule has 0 bridgehead atoms. The molecule has 1 aromatic rings. The van der Waals surface area contributed by atoms with E-state index in [0.717, 1.165) is 26.3 Å². The molecule has 1 aromatic carbocycles. The molecule has 3 nitrogen and oxygen atoms in total. The molecule has 0 aromatic heterocycles.